The van der Waals surface area contributed by atoms with E-state index in [1.54, 1.807) is 0 Å². The van der Waals surface area contributed by atoms with E-state index >= 15 is 0 Å². The molecule has 14 heavy (non-hydrogen) atoms. The molecule has 1 unspecified atom stereocenters. The maximum atomic E-state index is 4.23. The molecule has 0 aromatic carbocycles. The SMILES string of the molecule is C1CCCCC1.SCC1CSCCS1. The van der Waals surface area contributed by atoms with Gasteiger partial charge in [0.15, 0.2) is 0 Å². The molecule has 0 amide bonds. The van der Waals surface area contributed by atoms with Crippen LogP contribution in [-0.4, -0.2) is 28.3 Å². The molecule has 2 aliphatic rings. The summed E-state index contributed by atoms with van der Waals surface area (Å²) in [5.41, 5.74) is 0. The van der Waals surface area contributed by atoms with Gasteiger partial charge in [0.25, 0.3) is 0 Å². The lowest BCUT2D eigenvalue weighted by Gasteiger charge is -2.17. The maximum absolute atomic E-state index is 4.23. The third kappa shape index (κ3) is 6.52. The molecule has 2 fully saturated rings. The van der Waals surface area contributed by atoms with Gasteiger partial charge in [0.05, 0.1) is 0 Å². The topological polar surface area (TPSA) is 0 Å². The summed E-state index contributed by atoms with van der Waals surface area (Å²) in [6.45, 7) is 0. The van der Waals surface area contributed by atoms with Gasteiger partial charge in [-0.3, -0.25) is 0 Å². The van der Waals surface area contributed by atoms with E-state index in [2.05, 4.69) is 36.2 Å². The van der Waals surface area contributed by atoms with Gasteiger partial charge < -0.3 is 0 Å². The Bertz CT molecular complexity index is 106. The zero-order valence-corrected chi connectivity index (χ0v) is 11.4. The smallest absolute Gasteiger partial charge is 0.0226 e. The van der Waals surface area contributed by atoms with Crippen LogP contribution in [0.4, 0.5) is 0 Å². The van der Waals surface area contributed by atoms with Gasteiger partial charge in [0, 0.05) is 28.3 Å². The average molecular weight is 250 g/mol. The molecule has 1 saturated carbocycles. The lowest BCUT2D eigenvalue weighted by atomic mass is 10.0. The van der Waals surface area contributed by atoms with Gasteiger partial charge in [-0.25, -0.2) is 0 Å². The minimum Gasteiger partial charge on any atom is -0.178 e. The molecule has 0 aromatic rings. The first-order valence-electron chi connectivity index (χ1n) is 5.73. The van der Waals surface area contributed by atoms with Crippen molar-refractivity contribution in [3.63, 3.8) is 0 Å². The van der Waals surface area contributed by atoms with Gasteiger partial charge in [-0.2, -0.15) is 36.2 Å². The van der Waals surface area contributed by atoms with Crippen molar-refractivity contribution in [2.45, 2.75) is 43.8 Å². The second-order valence-electron chi connectivity index (χ2n) is 3.87. The van der Waals surface area contributed by atoms with Crippen LogP contribution in [0, 0.1) is 0 Å². The lowest BCUT2D eigenvalue weighted by molar-refractivity contribution is 0.504. The van der Waals surface area contributed by atoms with Crippen molar-refractivity contribution in [2.24, 2.45) is 0 Å². The van der Waals surface area contributed by atoms with Gasteiger partial charge in [-0.1, -0.05) is 38.5 Å². The Balaban J connectivity index is 0.000000146. The second-order valence-corrected chi connectivity index (χ2v) is 6.79. The molecule has 1 heterocycles. The highest BCUT2D eigenvalue weighted by atomic mass is 32.2. The average Bonchev–Trinajstić information content (AvgIpc) is 2.33. The number of hydrogen-bond donors (Lipinski definition) is 1. The van der Waals surface area contributed by atoms with Crippen molar-refractivity contribution in [1.82, 2.24) is 0 Å². The van der Waals surface area contributed by atoms with Crippen molar-refractivity contribution >= 4 is 36.2 Å². The van der Waals surface area contributed by atoms with E-state index in [1.807, 2.05) is 0 Å². The van der Waals surface area contributed by atoms with Crippen LogP contribution in [0.25, 0.3) is 0 Å². The van der Waals surface area contributed by atoms with Crippen molar-refractivity contribution < 1.29 is 0 Å². The summed E-state index contributed by atoms with van der Waals surface area (Å²) < 4.78 is 0. The van der Waals surface area contributed by atoms with E-state index in [4.69, 9.17) is 0 Å². The van der Waals surface area contributed by atoms with Crippen LogP contribution < -0.4 is 0 Å². The monoisotopic (exact) mass is 250 g/mol. The molecule has 3 heteroatoms. The fourth-order valence-electron chi connectivity index (χ4n) is 1.70. The minimum absolute atomic E-state index is 0.831. The Kier molecular flexibility index (Phi) is 8.70. The first kappa shape index (κ1) is 13.1. The predicted molar refractivity (Wildman–Crippen MR) is 75.1 cm³/mol. The van der Waals surface area contributed by atoms with Crippen molar-refractivity contribution in [3.05, 3.63) is 0 Å². The summed E-state index contributed by atoms with van der Waals surface area (Å²) in [7, 11) is 0. The minimum atomic E-state index is 0.831. The summed E-state index contributed by atoms with van der Waals surface area (Å²) in [6.07, 6.45) is 9.00. The highest BCUT2D eigenvalue weighted by Gasteiger charge is 2.10. The van der Waals surface area contributed by atoms with E-state index in [-0.39, 0.29) is 0 Å². The van der Waals surface area contributed by atoms with Gasteiger partial charge >= 0.3 is 0 Å². The van der Waals surface area contributed by atoms with Crippen molar-refractivity contribution in [2.75, 3.05) is 23.0 Å². The van der Waals surface area contributed by atoms with Crippen LogP contribution >= 0.6 is 36.2 Å². The zero-order valence-electron chi connectivity index (χ0n) is 8.91. The fraction of sp³-hybridized carbons (Fsp3) is 1.00. The molecule has 0 aromatic heterocycles. The Morgan fingerprint density at radius 3 is 1.79 bits per heavy atom. The summed E-state index contributed by atoms with van der Waals surface area (Å²) >= 11 is 8.35. The van der Waals surface area contributed by atoms with Crippen LogP contribution in [0.1, 0.15) is 38.5 Å². The fourth-order valence-corrected chi connectivity index (χ4v) is 4.84. The maximum Gasteiger partial charge on any atom is 0.0226 e. The molecular formula is C11H22S3. The molecule has 0 bridgehead atoms. The normalized spacial score (nSPS) is 27.6. The van der Waals surface area contributed by atoms with Gasteiger partial charge in [-0.15, -0.1) is 0 Å². The van der Waals surface area contributed by atoms with Crippen LogP contribution in [0.2, 0.25) is 0 Å². The zero-order chi connectivity index (χ0) is 10.1. The first-order chi connectivity index (χ1) is 6.93. The molecule has 0 nitrogen and oxygen atoms in total. The first-order valence-corrected chi connectivity index (χ1v) is 8.57. The van der Waals surface area contributed by atoms with E-state index in [1.165, 1.54) is 55.8 Å². The summed E-state index contributed by atoms with van der Waals surface area (Å²) in [6, 6.07) is 0. The molecule has 1 aliphatic heterocycles. The molecule has 1 saturated heterocycles. The van der Waals surface area contributed by atoms with Crippen molar-refractivity contribution in [1.29, 1.82) is 0 Å². The van der Waals surface area contributed by atoms with E-state index in [9.17, 15) is 0 Å². The highest BCUT2D eigenvalue weighted by Crippen LogP contribution is 2.24. The Hall–Kier alpha value is 1.05. The number of thioether (sulfide) groups is 2. The van der Waals surface area contributed by atoms with Crippen LogP contribution in [-0.2, 0) is 0 Å². The standard InChI is InChI=1S/C6H12.C5H10S3/c1-2-4-6-5-3-1;6-3-5-4-7-1-2-8-5/h1-6H2;5-6H,1-4H2. The molecule has 0 radical (unpaired) electrons. The lowest BCUT2D eigenvalue weighted by Crippen LogP contribution is -2.14. The molecule has 2 rings (SSSR count). The van der Waals surface area contributed by atoms with Gasteiger partial charge in [0.1, 0.15) is 0 Å². The molecule has 0 spiro atoms. The third-order valence-corrected chi connectivity index (χ3v) is 6.12. The van der Waals surface area contributed by atoms with Gasteiger partial charge in [-0.05, 0) is 0 Å². The Morgan fingerprint density at radius 2 is 1.50 bits per heavy atom. The van der Waals surface area contributed by atoms with Crippen molar-refractivity contribution in [3.8, 4) is 0 Å². The quantitative estimate of drug-likeness (QED) is 0.696. The largest absolute Gasteiger partial charge is 0.178 e. The Labute approximate surface area is 103 Å². The molecule has 1 atom stereocenters. The van der Waals surface area contributed by atoms with E-state index < -0.39 is 0 Å². The van der Waals surface area contributed by atoms with E-state index in [0.29, 0.717) is 0 Å². The molecule has 1 aliphatic carbocycles. The number of thiol groups is 1. The van der Waals surface area contributed by atoms with Crippen LogP contribution in [0.15, 0.2) is 0 Å². The third-order valence-electron chi connectivity index (χ3n) is 2.59. The van der Waals surface area contributed by atoms with Crippen LogP contribution in [0.3, 0.4) is 0 Å². The molecule has 84 valence electrons. The predicted octanol–water partition coefficient (Wildman–Crippen LogP) is 4.11. The Morgan fingerprint density at radius 1 is 0.929 bits per heavy atom. The van der Waals surface area contributed by atoms with Crippen LogP contribution in [0.5, 0.6) is 0 Å². The second kappa shape index (κ2) is 9.29. The molecule has 0 N–H and O–H groups in total. The summed E-state index contributed by atoms with van der Waals surface area (Å²) in [4.78, 5) is 0. The summed E-state index contributed by atoms with van der Waals surface area (Å²) in [5.74, 6) is 5.04. The van der Waals surface area contributed by atoms with E-state index in [0.717, 1.165) is 11.0 Å². The molecular weight excluding hydrogens is 228 g/mol. The highest BCUT2D eigenvalue weighted by molar-refractivity contribution is 8.07. The summed E-state index contributed by atoms with van der Waals surface area (Å²) in [5, 5.41) is 0.831. The number of hydrogen-bond acceptors (Lipinski definition) is 3. The van der Waals surface area contributed by atoms with Gasteiger partial charge in [0.2, 0.25) is 0 Å². The number of rotatable bonds is 1.